The number of aromatic nitrogens is 2. The van der Waals surface area contributed by atoms with Gasteiger partial charge in [0.2, 0.25) is 5.89 Å². The first kappa shape index (κ1) is 18.0. The topological polar surface area (TPSA) is 97.8 Å². The van der Waals surface area contributed by atoms with E-state index in [-0.39, 0.29) is 11.6 Å². The summed E-state index contributed by atoms with van der Waals surface area (Å²) < 4.78 is 10.8. The Labute approximate surface area is 151 Å². The van der Waals surface area contributed by atoms with Crippen molar-refractivity contribution in [3.63, 3.8) is 0 Å². The van der Waals surface area contributed by atoms with E-state index in [2.05, 4.69) is 15.0 Å². The van der Waals surface area contributed by atoms with Crippen LogP contribution in [-0.2, 0) is 0 Å². The van der Waals surface area contributed by atoms with Gasteiger partial charge in [0.1, 0.15) is 0 Å². The van der Waals surface area contributed by atoms with Crippen molar-refractivity contribution in [2.75, 3.05) is 43.6 Å². The molecule has 0 saturated carbocycles. The average molecular weight is 361 g/mol. The van der Waals surface area contributed by atoms with Gasteiger partial charge in [-0.3, -0.25) is 10.1 Å². The van der Waals surface area contributed by atoms with Crippen molar-refractivity contribution in [1.29, 1.82) is 0 Å². The van der Waals surface area contributed by atoms with E-state index >= 15 is 0 Å². The lowest BCUT2D eigenvalue weighted by Gasteiger charge is -2.32. The van der Waals surface area contributed by atoms with Crippen LogP contribution in [0.5, 0.6) is 5.75 Å². The summed E-state index contributed by atoms with van der Waals surface area (Å²) in [5, 5.41) is 15.1. The van der Waals surface area contributed by atoms with Gasteiger partial charge in [-0.2, -0.15) is 4.98 Å². The molecule has 0 atom stereocenters. The molecule has 0 bridgehead atoms. The highest BCUT2D eigenvalue weighted by Gasteiger charge is 2.27. The Morgan fingerprint density at radius 1 is 1.38 bits per heavy atom. The molecule has 1 saturated heterocycles. The molecule has 1 aliphatic rings. The second-order valence-electron chi connectivity index (χ2n) is 6.43. The third-order valence-corrected chi connectivity index (χ3v) is 4.48. The zero-order valence-electron chi connectivity index (χ0n) is 15.2. The van der Waals surface area contributed by atoms with Crippen LogP contribution in [-0.4, -0.2) is 48.9 Å². The minimum absolute atomic E-state index is 0.00689. The SMILES string of the molecule is CCOc1cc(N2CCC(c3nc(N(C)C)no3)CC2)ccc1[N+](=O)[O-]. The van der Waals surface area contributed by atoms with Gasteiger partial charge >= 0.3 is 5.69 Å². The van der Waals surface area contributed by atoms with E-state index in [9.17, 15) is 10.1 Å². The molecule has 3 rings (SSSR count). The van der Waals surface area contributed by atoms with E-state index in [1.165, 1.54) is 6.07 Å². The summed E-state index contributed by atoms with van der Waals surface area (Å²) >= 11 is 0. The monoisotopic (exact) mass is 361 g/mol. The highest BCUT2D eigenvalue weighted by Crippen LogP contribution is 2.35. The second-order valence-corrected chi connectivity index (χ2v) is 6.43. The zero-order valence-corrected chi connectivity index (χ0v) is 15.2. The van der Waals surface area contributed by atoms with Crippen LogP contribution < -0.4 is 14.5 Å². The zero-order chi connectivity index (χ0) is 18.7. The summed E-state index contributed by atoms with van der Waals surface area (Å²) in [6.45, 7) is 3.83. The number of hydrogen-bond acceptors (Lipinski definition) is 8. The molecule has 2 heterocycles. The number of nitro groups is 1. The number of ether oxygens (including phenoxy) is 1. The third kappa shape index (κ3) is 3.71. The fraction of sp³-hybridized carbons (Fsp3) is 0.529. The van der Waals surface area contributed by atoms with Gasteiger partial charge in [-0.1, -0.05) is 0 Å². The van der Waals surface area contributed by atoms with Gasteiger partial charge in [0.05, 0.1) is 11.5 Å². The van der Waals surface area contributed by atoms with Crippen molar-refractivity contribution < 1.29 is 14.2 Å². The summed E-state index contributed by atoms with van der Waals surface area (Å²) in [4.78, 5) is 19.2. The number of benzene rings is 1. The molecule has 0 spiro atoms. The fourth-order valence-electron chi connectivity index (χ4n) is 3.08. The smallest absolute Gasteiger partial charge is 0.311 e. The van der Waals surface area contributed by atoms with Gasteiger partial charge in [0.25, 0.3) is 5.95 Å². The Morgan fingerprint density at radius 3 is 2.69 bits per heavy atom. The van der Waals surface area contributed by atoms with E-state index in [0.29, 0.717) is 24.2 Å². The molecule has 1 aromatic heterocycles. The van der Waals surface area contributed by atoms with E-state index in [4.69, 9.17) is 9.26 Å². The predicted octanol–water partition coefficient (Wildman–Crippen LogP) is 2.83. The highest BCUT2D eigenvalue weighted by molar-refractivity contribution is 5.59. The summed E-state index contributed by atoms with van der Waals surface area (Å²) in [7, 11) is 3.75. The van der Waals surface area contributed by atoms with Gasteiger partial charge in [0.15, 0.2) is 5.75 Å². The minimum atomic E-state index is -0.418. The highest BCUT2D eigenvalue weighted by atomic mass is 16.6. The Hall–Kier alpha value is -2.84. The molecule has 0 radical (unpaired) electrons. The molecule has 9 nitrogen and oxygen atoms in total. The van der Waals surface area contributed by atoms with E-state index in [0.717, 1.165) is 31.6 Å². The van der Waals surface area contributed by atoms with Gasteiger partial charge in [-0.05, 0) is 31.0 Å². The molecule has 0 unspecified atom stereocenters. The molecular weight excluding hydrogens is 338 g/mol. The standard InChI is InChI=1S/C17H23N5O4/c1-4-25-15-11-13(5-6-14(15)22(23)24)21-9-7-12(8-10-21)16-18-17(19-26-16)20(2)3/h5-6,11-12H,4,7-10H2,1-3H3. The van der Waals surface area contributed by atoms with Crippen LogP contribution in [0.15, 0.2) is 22.7 Å². The predicted molar refractivity (Wildman–Crippen MR) is 97.1 cm³/mol. The van der Waals surface area contributed by atoms with E-state index in [1.807, 2.05) is 25.9 Å². The summed E-state index contributed by atoms with van der Waals surface area (Å²) in [6.07, 6.45) is 1.77. The van der Waals surface area contributed by atoms with E-state index in [1.54, 1.807) is 12.1 Å². The lowest BCUT2D eigenvalue weighted by atomic mass is 9.96. The van der Waals surface area contributed by atoms with Gasteiger partial charge in [-0.15, -0.1) is 0 Å². The molecule has 2 aromatic rings. The van der Waals surface area contributed by atoms with Crippen molar-refractivity contribution in [3.8, 4) is 5.75 Å². The molecule has 26 heavy (non-hydrogen) atoms. The molecule has 1 aliphatic heterocycles. The van der Waals surface area contributed by atoms with Crippen molar-refractivity contribution in [3.05, 3.63) is 34.2 Å². The quantitative estimate of drug-likeness (QED) is 0.572. The normalized spacial score (nSPS) is 15.1. The molecule has 0 aliphatic carbocycles. The maximum absolute atomic E-state index is 11.1. The van der Waals surface area contributed by atoms with Crippen LogP contribution in [0.4, 0.5) is 17.3 Å². The van der Waals surface area contributed by atoms with Crippen LogP contribution in [0.1, 0.15) is 31.6 Å². The van der Waals surface area contributed by atoms with Crippen LogP contribution in [0.25, 0.3) is 0 Å². The van der Waals surface area contributed by atoms with Crippen molar-refractivity contribution >= 4 is 17.3 Å². The maximum Gasteiger partial charge on any atom is 0.311 e. The second kappa shape index (κ2) is 7.59. The summed E-state index contributed by atoms with van der Waals surface area (Å²) in [5.74, 6) is 1.80. The number of piperidine rings is 1. The minimum Gasteiger partial charge on any atom is -0.487 e. The van der Waals surface area contributed by atoms with E-state index < -0.39 is 4.92 Å². The first-order valence-electron chi connectivity index (χ1n) is 8.66. The largest absolute Gasteiger partial charge is 0.487 e. The molecule has 0 amide bonds. The first-order valence-corrected chi connectivity index (χ1v) is 8.66. The number of hydrogen-bond donors (Lipinski definition) is 0. The fourth-order valence-corrected chi connectivity index (χ4v) is 3.08. The molecule has 1 fully saturated rings. The Balaban J connectivity index is 1.69. The molecule has 1 aromatic carbocycles. The third-order valence-electron chi connectivity index (χ3n) is 4.48. The van der Waals surface area contributed by atoms with Crippen molar-refractivity contribution in [1.82, 2.24) is 10.1 Å². The lowest BCUT2D eigenvalue weighted by molar-refractivity contribution is -0.385. The Kier molecular flexibility index (Phi) is 5.24. The Morgan fingerprint density at radius 2 is 2.12 bits per heavy atom. The Bertz CT molecular complexity index is 768. The first-order chi connectivity index (χ1) is 12.5. The summed E-state index contributed by atoms with van der Waals surface area (Å²) in [5.41, 5.74) is 0.921. The molecule has 9 heteroatoms. The summed E-state index contributed by atoms with van der Waals surface area (Å²) in [6, 6.07) is 5.03. The molecule has 0 N–H and O–H groups in total. The number of anilines is 2. The average Bonchev–Trinajstić information content (AvgIpc) is 3.12. The molecule has 140 valence electrons. The van der Waals surface area contributed by atoms with Gasteiger partial charge in [0, 0.05) is 50.9 Å². The lowest BCUT2D eigenvalue weighted by Crippen LogP contribution is -2.33. The van der Waals surface area contributed by atoms with Crippen LogP contribution in [0, 0.1) is 10.1 Å². The van der Waals surface area contributed by atoms with Crippen LogP contribution in [0.3, 0.4) is 0 Å². The van der Waals surface area contributed by atoms with Gasteiger partial charge in [-0.25, -0.2) is 0 Å². The van der Waals surface area contributed by atoms with Gasteiger partial charge < -0.3 is 19.1 Å². The van der Waals surface area contributed by atoms with Crippen molar-refractivity contribution in [2.24, 2.45) is 0 Å². The molecular formula is C17H23N5O4. The van der Waals surface area contributed by atoms with Crippen molar-refractivity contribution in [2.45, 2.75) is 25.7 Å². The van der Waals surface area contributed by atoms with Crippen LogP contribution in [0.2, 0.25) is 0 Å². The van der Waals surface area contributed by atoms with Crippen LogP contribution >= 0.6 is 0 Å². The maximum atomic E-state index is 11.1. The number of nitro benzene ring substituents is 1. The number of nitrogens with zero attached hydrogens (tertiary/aromatic N) is 5. The number of rotatable bonds is 6.